The predicted molar refractivity (Wildman–Crippen MR) is 170 cm³/mol. The van der Waals surface area contributed by atoms with E-state index in [-0.39, 0.29) is 0 Å². The van der Waals surface area contributed by atoms with E-state index in [0.29, 0.717) is 35.5 Å². The zero-order chi connectivity index (χ0) is 27.6. The minimum Gasteiger partial charge on any atom is -0.230 e. The Labute approximate surface area is 234 Å². The fraction of sp³-hybridized carbons (Fsp3) is 0.613. The van der Waals surface area contributed by atoms with Gasteiger partial charge in [-0.25, -0.2) is 4.44 Å². The highest BCUT2D eigenvalue weighted by molar-refractivity contribution is 8.00. The number of hydrogen-bond donors (Lipinski definition) is 0. The van der Waals surface area contributed by atoms with Gasteiger partial charge in [0.2, 0.25) is 0 Å². The molecule has 0 fully saturated rings. The van der Waals surface area contributed by atoms with E-state index in [1.807, 2.05) is 0 Å². The first-order valence-corrected chi connectivity index (χ1v) is 18.0. The Bertz CT molecular complexity index is 888. The zero-order valence-corrected chi connectivity index (χ0v) is 28.2. The molecule has 0 aliphatic rings. The molecule has 0 radical (unpaired) electrons. The largest absolute Gasteiger partial charge is 0.230 e. The maximum absolute atomic E-state index is 7.50. The van der Waals surface area contributed by atoms with Crippen LogP contribution < -0.4 is 10.6 Å². The molecule has 0 saturated heterocycles. The van der Waals surface area contributed by atoms with Crippen molar-refractivity contribution in [3.63, 3.8) is 0 Å². The maximum atomic E-state index is 7.50. The minimum absolute atomic E-state index is 0.401. The highest BCUT2D eigenvalue weighted by atomic mass is 35.7. The molecule has 0 bridgehead atoms. The summed E-state index contributed by atoms with van der Waals surface area (Å²) in [4.78, 5) is 0. The molecule has 0 aromatic heterocycles. The Morgan fingerprint density at radius 2 is 0.694 bits per heavy atom. The summed E-state index contributed by atoms with van der Waals surface area (Å²) >= 11 is 15.0. The molecular formula is C31H49Cl2NP2. The third-order valence-electron chi connectivity index (χ3n) is 7.08. The Morgan fingerprint density at radius 3 is 0.861 bits per heavy atom. The summed E-state index contributed by atoms with van der Waals surface area (Å²) in [7, 11) is -0.0928. The quantitative estimate of drug-likeness (QED) is 0.258. The van der Waals surface area contributed by atoms with Crippen molar-refractivity contribution in [2.75, 3.05) is 7.05 Å². The smallest absolute Gasteiger partial charge is 0.0997 e. The van der Waals surface area contributed by atoms with Gasteiger partial charge in [-0.2, -0.15) is 0 Å². The molecule has 0 N–H and O–H groups in total. The second-order valence-electron chi connectivity index (χ2n) is 12.0. The topological polar surface area (TPSA) is 3.24 Å². The summed E-state index contributed by atoms with van der Waals surface area (Å²) in [5.41, 5.74) is 8.30. The van der Waals surface area contributed by atoms with Gasteiger partial charge in [-0.3, -0.25) is 0 Å². The zero-order valence-electron chi connectivity index (χ0n) is 24.9. The van der Waals surface area contributed by atoms with E-state index in [1.165, 1.54) is 44.0 Å². The second kappa shape index (κ2) is 13.3. The fourth-order valence-electron chi connectivity index (χ4n) is 4.62. The number of nitrogens with zero attached hydrogens (tertiary/aromatic N) is 1. The van der Waals surface area contributed by atoms with Crippen molar-refractivity contribution in [2.24, 2.45) is 0 Å². The Hall–Kier alpha value is -0.160. The van der Waals surface area contributed by atoms with Crippen molar-refractivity contribution in [1.82, 2.24) is 4.44 Å². The molecule has 0 amide bonds. The van der Waals surface area contributed by atoms with Crippen LogP contribution in [0.2, 0.25) is 0 Å². The second-order valence-corrected chi connectivity index (χ2v) is 17.4. The van der Waals surface area contributed by atoms with Crippen LogP contribution >= 0.6 is 37.3 Å². The Balaban J connectivity index is 2.73. The first-order chi connectivity index (χ1) is 16.6. The van der Waals surface area contributed by atoms with Gasteiger partial charge >= 0.3 is 0 Å². The number of halogens is 2. The fourth-order valence-corrected chi connectivity index (χ4v) is 11.1. The first kappa shape index (κ1) is 32.1. The van der Waals surface area contributed by atoms with E-state index < -0.39 is 14.9 Å². The van der Waals surface area contributed by atoms with Crippen LogP contribution in [0, 0.1) is 0 Å². The van der Waals surface area contributed by atoms with Gasteiger partial charge in [0.05, 0.1) is 14.9 Å². The minimum atomic E-state index is -1.12. The highest BCUT2D eigenvalue weighted by Crippen LogP contribution is 2.62. The molecular weight excluding hydrogens is 519 g/mol. The SMILES string of the molecule is CC(C)c1cc(C(C)C)c(P(Cl)N(C)P(Cl)c2c(C(C)C)cc(C(C)C)cc2C(C)C)c(C(C)C)c1. The van der Waals surface area contributed by atoms with Gasteiger partial charge in [0.1, 0.15) is 0 Å². The van der Waals surface area contributed by atoms with Gasteiger partial charge in [-0.05, 0) is 75.9 Å². The van der Waals surface area contributed by atoms with Crippen molar-refractivity contribution >= 4 is 47.9 Å². The van der Waals surface area contributed by atoms with Crippen LogP contribution in [0.15, 0.2) is 24.3 Å². The first-order valence-electron chi connectivity index (χ1n) is 13.6. The van der Waals surface area contributed by atoms with Crippen LogP contribution in [0.3, 0.4) is 0 Å². The van der Waals surface area contributed by atoms with Crippen molar-refractivity contribution < 1.29 is 0 Å². The Kier molecular flexibility index (Phi) is 11.8. The summed E-state index contributed by atoms with van der Waals surface area (Å²) in [6.07, 6.45) is 0. The average molecular weight is 569 g/mol. The summed E-state index contributed by atoms with van der Waals surface area (Å²) in [6.45, 7) is 27.4. The van der Waals surface area contributed by atoms with Crippen LogP contribution in [-0.2, 0) is 0 Å². The van der Waals surface area contributed by atoms with Crippen molar-refractivity contribution in [2.45, 2.75) is 119 Å². The van der Waals surface area contributed by atoms with Crippen molar-refractivity contribution in [3.05, 3.63) is 57.6 Å². The summed E-state index contributed by atoms with van der Waals surface area (Å²) in [6, 6.07) is 9.59. The van der Waals surface area contributed by atoms with Crippen LogP contribution in [0.4, 0.5) is 0 Å². The molecule has 2 unspecified atom stereocenters. The van der Waals surface area contributed by atoms with Gasteiger partial charge in [-0.1, -0.05) is 130 Å². The lowest BCUT2D eigenvalue weighted by Crippen LogP contribution is -2.25. The van der Waals surface area contributed by atoms with Crippen molar-refractivity contribution in [3.8, 4) is 0 Å². The molecule has 2 aromatic carbocycles. The highest BCUT2D eigenvalue weighted by Gasteiger charge is 2.32. The maximum Gasteiger partial charge on any atom is 0.0997 e. The van der Waals surface area contributed by atoms with Crippen LogP contribution in [0.1, 0.15) is 152 Å². The molecule has 2 rings (SSSR count). The molecule has 5 heteroatoms. The summed E-state index contributed by atoms with van der Waals surface area (Å²) in [5.74, 6) is 2.58. The van der Waals surface area contributed by atoms with Crippen molar-refractivity contribution in [1.29, 1.82) is 0 Å². The van der Waals surface area contributed by atoms with Gasteiger partial charge < -0.3 is 0 Å². The van der Waals surface area contributed by atoms with Gasteiger partial charge in [-0.15, -0.1) is 0 Å². The van der Waals surface area contributed by atoms with Gasteiger partial charge in [0.15, 0.2) is 0 Å². The molecule has 2 aromatic rings. The van der Waals surface area contributed by atoms with Crippen LogP contribution in [0.25, 0.3) is 0 Å². The molecule has 0 saturated carbocycles. The standard InChI is InChI=1S/C31H49Cl2NP2/c1-18(2)24-14-26(20(5)6)30(27(15-24)21(7)8)35(32)34(13)36(33)31-28(22(9)10)16-25(19(3)4)17-29(31)23(11)12/h14-23H,1-13H3. The van der Waals surface area contributed by atoms with Gasteiger partial charge in [0, 0.05) is 10.6 Å². The molecule has 0 spiro atoms. The third kappa shape index (κ3) is 7.07. The molecule has 2 atom stereocenters. The predicted octanol–water partition coefficient (Wildman–Crippen LogP) is 11.4. The molecule has 1 nitrogen and oxygen atoms in total. The lowest BCUT2D eigenvalue weighted by Gasteiger charge is -2.34. The van der Waals surface area contributed by atoms with E-state index in [4.69, 9.17) is 22.5 Å². The summed E-state index contributed by atoms with van der Waals surface area (Å²) < 4.78 is 2.30. The van der Waals surface area contributed by atoms with Crippen LogP contribution in [-0.4, -0.2) is 11.5 Å². The van der Waals surface area contributed by atoms with E-state index in [1.54, 1.807) is 0 Å². The van der Waals surface area contributed by atoms with Gasteiger partial charge in [0.25, 0.3) is 0 Å². The average Bonchev–Trinajstić information content (AvgIpc) is 2.80. The molecule has 36 heavy (non-hydrogen) atoms. The molecule has 0 aliphatic carbocycles. The van der Waals surface area contributed by atoms with E-state index in [0.717, 1.165) is 0 Å². The third-order valence-corrected chi connectivity index (χ3v) is 13.9. The molecule has 0 aliphatic heterocycles. The number of benzene rings is 2. The Morgan fingerprint density at radius 1 is 0.472 bits per heavy atom. The van der Waals surface area contributed by atoms with E-state index in [2.05, 4.69) is 119 Å². The normalized spacial score (nSPS) is 14.4. The number of hydrogen-bond acceptors (Lipinski definition) is 1. The lowest BCUT2D eigenvalue weighted by atomic mass is 9.89. The molecule has 0 heterocycles. The summed E-state index contributed by atoms with van der Waals surface area (Å²) in [5, 5.41) is 2.63. The molecule has 202 valence electrons. The van der Waals surface area contributed by atoms with E-state index >= 15 is 0 Å². The number of rotatable bonds is 10. The lowest BCUT2D eigenvalue weighted by molar-refractivity contribution is 0.808. The van der Waals surface area contributed by atoms with Crippen LogP contribution in [0.5, 0.6) is 0 Å². The monoisotopic (exact) mass is 567 g/mol. The van der Waals surface area contributed by atoms with E-state index in [9.17, 15) is 0 Å².